The minimum Gasteiger partial charge on any atom is -0.359 e. The van der Waals surface area contributed by atoms with Gasteiger partial charge in [-0.15, -0.1) is 0 Å². The van der Waals surface area contributed by atoms with Crippen LogP contribution in [-0.2, 0) is 6.54 Å². The molecule has 1 aromatic heterocycles. The quantitative estimate of drug-likeness (QED) is 0.813. The number of pyridine rings is 1. The Kier molecular flexibility index (Phi) is 2.91. The highest BCUT2D eigenvalue weighted by Crippen LogP contribution is 2.31. The molecule has 15 heavy (non-hydrogen) atoms. The van der Waals surface area contributed by atoms with Crippen LogP contribution in [0.3, 0.4) is 0 Å². The molecule has 1 fully saturated rings. The molecule has 0 atom stereocenters. The molecule has 1 aromatic rings. The van der Waals surface area contributed by atoms with Crippen molar-refractivity contribution >= 4 is 5.82 Å². The van der Waals surface area contributed by atoms with Crippen LogP contribution in [0.2, 0.25) is 0 Å². The highest BCUT2D eigenvalue weighted by Gasteiger charge is 2.23. The molecule has 0 radical (unpaired) electrons. The van der Waals surface area contributed by atoms with Gasteiger partial charge in [-0.3, -0.25) is 0 Å². The number of anilines is 1. The van der Waals surface area contributed by atoms with Crippen molar-refractivity contribution in [3.05, 3.63) is 23.4 Å². The molecule has 0 aromatic carbocycles. The first-order valence-corrected chi connectivity index (χ1v) is 5.57. The summed E-state index contributed by atoms with van der Waals surface area (Å²) in [6.07, 6.45) is 4.64. The Morgan fingerprint density at radius 2 is 2.27 bits per heavy atom. The second-order valence-corrected chi connectivity index (χ2v) is 4.51. The first kappa shape index (κ1) is 10.4. The summed E-state index contributed by atoms with van der Waals surface area (Å²) in [6, 6.07) is 2.13. The van der Waals surface area contributed by atoms with Crippen LogP contribution in [0.5, 0.6) is 0 Å². The van der Waals surface area contributed by atoms with E-state index in [-0.39, 0.29) is 0 Å². The Labute approximate surface area is 91.3 Å². The maximum atomic E-state index is 5.58. The maximum absolute atomic E-state index is 5.58. The van der Waals surface area contributed by atoms with Gasteiger partial charge in [0.05, 0.1) is 0 Å². The first-order chi connectivity index (χ1) is 7.20. The summed E-state index contributed by atoms with van der Waals surface area (Å²) in [5.74, 6) is 1.99. The minimum atomic E-state index is 0.570. The van der Waals surface area contributed by atoms with E-state index >= 15 is 0 Å². The molecule has 0 amide bonds. The molecule has 1 saturated carbocycles. The molecular formula is C12H19N3. The molecule has 3 nitrogen and oxygen atoms in total. The molecule has 1 heterocycles. The molecule has 2 N–H and O–H groups in total. The molecule has 0 aliphatic heterocycles. The first-order valence-electron chi connectivity index (χ1n) is 5.57. The summed E-state index contributed by atoms with van der Waals surface area (Å²) >= 11 is 0. The van der Waals surface area contributed by atoms with Crippen molar-refractivity contribution in [3.63, 3.8) is 0 Å². The van der Waals surface area contributed by atoms with Crippen LogP contribution >= 0.6 is 0 Å². The highest BCUT2D eigenvalue weighted by atomic mass is 15.2. The van der Waals surface area contributed by atoms with E-state index in [1.807, 2.05) is 6.20 Å². The lowest BCUT2D eigenvalue weighted by atomic mass is 10.2. The zero-order valence-corrected chi connectivity index (χ0v) is 9.53. The average molecular weight is 205 g/mol. The molecule has 0 spiro atoms. The van der Waals surface area contributed by atoms with Crippen molar-refractivity contribution < 1.29 is 0 Å². The zero-order valence-electron chi connectivity index (χ0n) is 9.53. The fourth-order valence-corrected chi connectivity index (χ4v) is 1.91. The summed E-state index contributed by atoms with van der Waals surface area (Å²) in [5, 5.41) is 0. The number of rotatable bonds is 4. The lowest BCUT2D eigenvalue weighted by Crippen LogP contribution is -2.22. The number of hydrogen-bond acceptors (Lipinski definition) is 3. The monoisotopic (exact) mass is 205 g/mol. The Bertz CT molecular complexity index is 345. The number of aryl methyl sites for hydroxylation is 1. The van der Waals surface area contributed by atoms with E-state index in [1.165, 1.54) is 18.4 Å². The molecular weight excluding hydrogens is 186 g/mol. The molecule has 1 aliphatic rings. The van der Waals surface area contributed by atoms with E-state index < -0.39 is 0 Å². The third kappa shape index (κ3) is 2.48. The fraction of sp³-hybridized carbons (Fsp3) is 0.583. The highest BCUT2D eigenvalue weighted by molar-refractivity contribution is 5.46. The second kappa shape index (κ2) is 4.19. The normalized spacial score (nSPS) is 15.4. The summed E-state index contributed by atoms with van der Waals surface area (Å²) in [7, 11) is 2.12. The molecule has 82 valence electrons. The van der Waals surface area contributed by atoms with Gasteiger partial charge in [0.1, 0.15) is 5.82 Å². The van der Waals surface area contributed by atoms with E-state index in [9.17, 15) is 0 Å². The van der Waals surface area contributed by atoms with Gasteiger partial charge in [0.2, 0.25) is 0 Å². The SMILES string of the molecule is Cc1cc(CN)cnc1N(C)CC1CC1. The van der Waals surface area contributed by atoms with Gasteiger partial charge < -0.3 is 10.6 Å². The van der Waals surface area contributed by atoms with Gasteiger partial charge in [0.25, 0.3) is 0 Å². The standard InChI is InChI=1S/C12H19N3/c1-9-5-11(6-13)7-14-12(9)15(2)8-10-3-4-10/h5,7,10H,3-4,6,8,13H2,1-2H3. The maximum Gasteiger partial charge on any atom is 0.131 e. The largest absolute Gasteiger partial charge is 0.359 e. The van der Waals surface area contributed by atoms with Crippen LogP contribution in [0.1, 0.15) is 24.0 Å². The predicted molar refractivity (Wildman–Crippen MR) is 62.9 cm³/mol. The number of nitrogens with two attached hydrogens (primary N) is 1. The van der Waals surface area contributed by atoms with Crippen LogP contribution in [0.15, 0.2) is 12.3 Å². The summed E-state index contributed by atoms with van der Waals surface area (Å²) < 4.78 is 0. The van der Waals surface area contributed by atoms with Gasteiger partial charge in [-0.25, -0.2) is 4.98 Å². The summed E-state index contributed by atoms with van der Waals surface area (Å²) in [6.45, 7) is 3.81. The van der Waals surface area contributed by atoms with E-state index in [0.717, 1.165) is 23.8 Å². The van der Waals surface area contributed by atoms with Crippen LogP contribution < -0.4 is 10.6 Å². The van der Waals surface area contributed by atoms with Gasteiger partial charge in [-0.2, -0.15) is 0 Å². The summed E-state index contributed by atoms with van der Waals surface area (Å²) in [4.78, 5) is 6.73. The fourth-order valence-electron chi connectivity index (χ4n) is 1.91. The molecule has 0 unspecified atom stereocenters. The van der Waals surface area contributed by atoms with Crippen LogP contribution in [0.4, 0.5) is 5.82 Å². The number of hydrogen-bond donors (Lipinski definition) is 1. The van der Waals surface area contributed by atoms with Gasteiger partial charge in [-0.1, -0.05) is 0 Å². The lowest BCUT2D eigenvalue weighted by molar-refractivity contribution is 0.773. The Hall–Kier alpha value is -1.09. The Morgan fingerprint density at radius 3 is 2.80 bits per heavy atom. The molecule has 1 aliphatic carbocycles. The Morgan fingerprint density at radius 1 is 1.53 bits per heavy atom. The van der Waals surface area contributed by atoms with Crippen molar-refractivity contribution in [1.29, 1.82) is 0 Å². The van der Waals surface area contributed by atoms with Gasteiger partial charge >= 0.3 is 0 Å². The average Bonchev–Trinajstić information content (AvgIpc) is 3.01. The number of aromatic nitrogens is 1. The molecule has 3 heteroatoms. The summed E-state index contributed by atoms with van der Waals surface area (Å²) in [5.41, 5.74) is 7.91. The predicted octanol–water partition coefficient (Wildman–Crippen LogP) is 1.69. The molecule has 0 saturated heterocycles. The van der Waals surface area contributed by atoms with Crippen LogP contribution in [0, 0.1) is 12.8 Å². The van der Waals surface area contributed by atoms with Crippen LogP contribution in [0.25, 0.3) is 0 Å². The van der Waals surface area contributed by atoms with E-state index in [4.69, 9.17) is 5.73 Å². The van der Waals surface area contributed by atoms with Crippen molar-refractivity contribution in [1.82, 2.24) is 4.98 Å². The third-order valence-corrected chi connectivity index (χ3v) is 2.93. The molecule has 0 bridgehead atoms. The van der Waals surface area contributed by atoms with Crippen molar-refractivity contribution in [2.45, 2.75) is 26.3 Å². The van der Waals surface area contributed by atoms with Crippen molar-refractivity contribution in [3.8, 4) is 0 Å². The topological polar surface area (TPSA) is 42.1 Å². The lowest BCUT2D eigenvalue weighted by Gasteiger charge is -2.20. The van der Waals surface area contributed by atoms with E-state index in [0.29, 0.717) is 6.54 Å². The number of nitrogens with zero attached hydrogens (tertiary/aromatic N) is 2. The van der Waals surface area contributed by atoms with Gasteiger partial charge in [0, 0.05) is 26.3 Å². The third-order valence-electron chi connectivity index (χ3n) is 2.93. The second-order valence-electron chi connectivity index (χ2n) is 4.51. The Balaban J connectivity index is 2.11. The van der Waals surface area contributed by atoms with Crippen molar-refractivity contribution in [2.75, 3.05) is 18.5 Å². The minimum absolute atomic E-state index is 0.570. The zero-order chi connectivity index (χ0) is 10.8. The molecule has 2 rings (SSSR count). The van der Waals surface area contributed by atoms with E-state index in [1.54, 1.807) is 0 Å². The van der Waals surface area contributed by atoms with E-state index in [2.05, 4.69) is 29.9 Å². The smallest absolute Gasteiger partial charge is 0.131 e. The van der Waals surface area contributed by atoms with Gasteiger partial charge in [0.15, 0.2) is 0 Å². The van der Waals surface area contributed by atoms with Crippen LogP contribution in [-0.4, -0.2) is 18.6 Å². The van der Waals surface area contributed by atoms with Gasteiger partial charge in [-0.05, 0) is 42.9 Å². The van der Waals surface area contributed by atoms with Crippen molar-refractivity contribution in [2.24, 2.45) is 11.7 Å².